The van der Waals surface area contributed by atoms with Crippen LogP contribution in [0.5, 0.6) is 0 Å². The quantitative estimate of drug-likeness (QED) is 0.694. The van der Waals surface area contributed by atoms with Crippen molar-refractivity contribution in [3.8, 4) is 0 Å². The van der Waals surface area contributed by atoms with Crippen LogP contribution in [-0.4, -0.2) is 42.7 Å². The molecular formula is C10H20N2O2S. The summed E-state index contributed by atoms with van der Waals surface area (Å²) in [5.74, 6) is 0.571. The van der Waals surface area contributed by atoms with Gasteiger partial charge in [-0.3, -0.25) is 4.79 Å². The van der Waals surface area contributed by atoms with Gasteiger partial charge in [0.15, 0.2) is 0 Å². The van der Waals surface area contributed by atoms with Crippen molar-refractivity contribution in [3.05, 3.63) is 0 Å². The second-order valence-corrected chi connectivity index (χ2v) is 5.22. The Kier molecular flexibility index (Phi) is 6.05. The van der Waals surface area contributed by atoms with E-state index < -0.39 is 0 Å². The standard InChI is InChI=1S/C10H20N2O2S/c1-8(5-11)15-7-10(13)12-6-9-3-2-4-14-9/h8-9H,2-7,11H2,1H3,(H,12,13). The number of carbonyl (C=O) groups is 1. The summed E-state index contributed by atoms with van der Waals surface area (Å²) in [5, 5.41) is 3.22. The number of carbonyl (C=O) groups excluding carboxylic acids is 1. The minimum atomic E-state index is 0.0794. The Balaban J connectivity index is 2.02. The van der Waals surface area contributed by atoms with Gasteiger partial charge in [0.1, 0.15) is 0 Å². The van der Waals surface area contributed by atoms with Gasteiger partial charge in [-0.25, -0.2) is 0 Å². The van der Waals surface area contributed by atoms with E-state index in [4.69, 9.17) is 10.5 Å². The monoisotopic (exact) mass is 232 g/mol. The molecule has 1 fully saturated rings. The molecule has 0 aromatic carbocycles. The Labute approximate surface area is 95.3 Å². The summed E-state index contributed by atoms with van der Waals surface area (Å²) >= 11 is 1.59. The summed E-state index contributed by atoms with van der Waals surface area (Å²) in [6, 6.07) is 0. The summed E-state index contributed by atoms with van der Waals surface area (Å²) in [6.45, 7) is 4.12. The highest BCUT2D eigenvalue weighted by Crippen LogP contribution is 2.11. The van der Waals surface area contributed by atoms with E-state index in [1.165, 1.54) is 0 Å². The predicted octanol–water partition coefficient (Wildman–Crippen LogP) is 0.362. The fraction of sp³-hybridized carbons (Fsp3) is 0.900. The molecule has 0 aromatic rings. The summed E-state index contributed by atoms with van der Waals surface area (Å²) in [6.07, 6.45) is 2.40. The lowest BCUT2D eigenvalue weighted by Gasteiger charge is -2.11. The molecule has 1 aliphatic rings. The van der Waals surface area contributed by atoms with Crippen molar-refractivity contribution >= 4 is 17.7 Å². The van der Waals surface area contributed by atoms with Crippen molar-refractivity contribution in [2.24, 2.45) is 5.73 Å². The van der Waals surface area contributed by atoms with Crippen LogP contribution in [0.1, 0.15) is 19.8 Å². The summed E-state index contributed by atoms with van der Waals surface area (Å²) in [4.78, 5) is 11.4. The van der Waals surface area contributed by atoms with Crippen LogP contribution in [0, 0.1) is 0 Å². The Bertz CT molecular complexity index is 196. The summed E-state index contributed by atoms with van der Waals surface area (Å²) in [5.41, 5.74) is 5.46. The van der Waals surface area contributed by atoms with Gasteiger partial charge >= 0.3 is 0 Å². The van der Waals surface area contributed by atoms with Crippen LogP contribution in [0.4, 0.5) is 0 Å². The van der Waals surface area contributed by atoms with E-state index in [1.807, 2.05) is 6.92 Å². The third-order valence-corrected chi connectivity index (χ3v) is 3.57. The molecule has 0 spiro atoms. The van der Waals surface area contributed by atoms with Gasteiger partial charge in [0, 0.05) is 24.9 Å². The lowest BCUT2D eigenvalue weighted by molar-refractivity contribution is -0.119. The number of nitrogens with two attached hydrogens (primary N) is 1. The van der Waals surface area contributed by atoms with E-state index in [0.29, 0.717) is 24.1 Å². The van der Waals surface area contributed by atoms with Crippen molar-refractivity contribution in [1.29, 1.82) is 0 Å². The molecular weight excluding hydrogens is 212 g/mol. The second kappa shape index (κ2) is 7.09. The van der Waals surface area contributed by atoms with Gasteiger partial charge in [0.25, 0.3) is 0 Å². The molecule has 88 valence electrons. The molecule has 1 saturated heterocycles. The fourth-order valence-electron chi connectivity index (χ4n) is 1.37. The number of thioether (sulfide) groups is 1. The molecule has 2 atom stereocenters. The van der Waals surface area contributed by atoms with E-state index in [1.54, 1.807) is 11.8 Å². The third kappa shape index (κ3) is 5.39. The first kappa shape index (κ1) is 12.8. The van der Waals surface area contributed by atoms with Crippen LogP contribution in [0.25, 0.3) is 0 Å². The maximum atomic E-state index is 11.4. The third-order valence-electron chi connectivity index (χ3n) is 2.38. The van der Waals surface area contributed by atoms with Crippen LogP contribution in [-0.2, 0) is 9.53 Å². The van der Waals surface area contributed by atoms with Gasteiger partial charge in [0.2, 0.25) is 5.91 Å². The SMILES string of the molecule is CC(CN)SCC(=O)NCC1CCCO1. The van der Waals surface area contributed by atoms with Crippen LogP contribution in [0.2, 0.25) is 0 Å². The van der Waals surface area contributed by atoms with Gasteiger partial charge in [-0.15, -0.1) is 11.8 Å². The Morgan fingerprint density at radius 3 is 3.13 bits per heavy atom. The minimum absolute atomic E-state index is 0.0794. The molecule has 15 heavy (non-hydrogen) atoms. The van der Waals surface area contributed by atoms with Crippen LogP contribution >= 0.6 is 11.8 Å². The van der Waals surface area contributed by atoms with E-state index >= 15 is 0 Å². The molecule has 1 rings (SSSR count). The average molecular weight is 232 g/mol. The lowest BCUT2D eigenvalue weighted by atomic mass is 10.2. The fourth-order valence-corrected chi connectivity index (χ4v) is 2.04. The van der Waals surface area contributed by atoms with Crippen LogP contribution in [0.3, 0.4) is 0 Å². The Morgan fingerprint density at radius 1 is 1.73 bits per heavy atom. The van der Waals surface area contributed by atoms with Crippen molar-refractivity contribution in [2.75, 3.05) is 25.4 Å². The highest BCUT2D eigenvalue weighted by atomic mass is 32.2. The normalized spacial score (nSPS) is 22.7. The molecule has 1 amide bonds. The van der Waals surface area contributed by atoms with E-state index in [0.717, 1.165) is 19.4 Å². The molecule has 0 saturated carbocycles. The largest absolute Gasteiger partial charge is 0.376 e. The lowest BCUT2D eigenvalue weighted by Crippen LogP contribution is -2.33. The number of rotatable bonds is 6. The maximum absolute atomic E-state index is 11.4. The first-order chi connectivity index (χ1) is 7.22. The average Bonchev–Trinajstić information content (AvgIpc) is 2.75. The highest BCUT2D eigenvalue weighted by molar-refractivity contribution is 8.00. The minimum Gasteiger partial charge on any atom is -0.376 e. The predicted molar refractivity (Wildman–Crippen MR) is 63.0 cm³/mol. The number of hydrogen-bond acceptors (Lipinski definition) is 4. The first-order valence-electron chi connectivity index (χ1n) is 5.42. The van der Waals surface area contributed by atoms with Crippen molar-refractivity contribution in [2.45, 2.75) is 31.1 Å². The zero-order valence-corrected chi connectivity index (χ0v) is 10.0. The molecule has 0 bridgehead atoms. The molecule has 4 nitrogen and oxygen atoms in total. The zero-order chi connectivity index (χ0) is 11.1. The molecule has 0 aromatic heterocycles. The Morgan fingerprint density at radius 2 is 2.53 bits per heavy atom. The van der Waals surface area contributed by atoms with Gasteiger partial charge in [-0.1, -0.05) is 6.92 Å². The molecule has 2 unspecified atom stereocenters. The number of nitrogens with one attached hydrogen (secondary N) is 1. The summed E-state index contributed by atoms with van der Waals surface area (Å²) < 4.78 is 5.41. The van der Waals surface area contributed by atoms with Crippen molar-refractivity contribution < 1.29 is 9.53 Å². The van der Waals surface area contributed by atoms with Crippen molar-refractivity contribution in [1.82, 2.24) is 5.32 Å². The van der Waals surface area contributed by atoms with Crippen LogP contribution < -0.4 is 11.1 Å². The zero-order valence-electron chi connectivity index (χ0n) is 9.20. The molecule has 5 heteroatoms. The smallest absolute Gasteiger partial charge is 0.230 e. The Hall–Kier alpha value is -0.260. The van der Waals surface area contributed by atoms with E-state index in [9.17, 15) is 4.79 Å². The van der Waals surface area contributed by atoms with Crippen molar-refractivity contribution in [3.63, 3.8) is 0 Å². The highest BCUT2D eigenvalue weighted by Gasteiger charge is 2.16. The van der Waals surface area contributed by atoms with Crippen LogP contribution in [0.15, 0.2) is 0 Å². The molecule has 1 aliphatic heterocycles. The van der Waals surface area contributed by atoms with E-state index in [-0.39, 0.29) is 12.0 Å². The number of amides is 1. The van der Waals surface area contributed by atoms with Gasteiger partial charge in [-0.2, -0.15) is 0 Å². The molecule has 0 radical (unpaired) electrons. The number of ether oxygens (including phenoxy) is 1. The topological polar surface area (TPSA) is 64.4 Å². The maximum Gasteiger partial charge on any atom is 0.230 e. The number of hydrogen-bond donors (Lipinski definition) is 2. The van der Waals surface area contributed by atoms with E-state index in [2.05, 4.69) is 5.32 Å². The first-order valence-corrected chi connectivity index (χ1v) is 6.47. The van der Waals surface area contributed by atoms with Gasteiger partial charge < -0.3 is 15.8 Å². The van der Waals surface area contributed by atoms with Gasteiger partial charge in [-0.05, 0) is 12.8 Å². The summed E-state index contributed by atoms with van der Waals surface area (Å²) in [7, 11) is 0. The molecule has 3 N–H and O–H groups in total. The molecule has 1 heterocycles. The van der Waals surface area contributed by atoms with Gasteiger partial charge in [0.05, 0.1) is 11.9 Å². The second-order valence-electron chi connectivity index (χ2n) is 3.80. The molecule has 0 aliphatic carbocycles.